The molecule has 0 bridgehead atoms. The fourth-order valence-electron chi connectivity index (χ4n) is 1.16. The number of carboxylic acids is 1. The Hall–Kier alpha value is -0.390. The molecule has 5 heteroatoms. The molecular weight excluding hydrogens is 278 g/mol. The van der Waals surface area contributed by atoms with Gasteiger partial charge >= 0.3 is 5.97 Å². The number of carboxylic acid groups (broad SMARTS) is 1. The molecule has 0 aliphatic rings. The number of nitrogens with one attached hydrogen (secondary N) is 1. The summed E-state index contributed by atoms with van der Waals surface area (Å²) in [5.41, 5.74) is 0. The smallest absolute Gasteiger partial charge is 0.326 e. The summed E-state index contributed by atoms with van der Waals surface area (Å²) in [6.45, 7) is 4.80. The molecule has 0 radical (unpaired) electrons. The van der Waals surface area contributed by atoms with Crippen LogP contribution in [0, 0.1) is 5.92 Å². The minimum atomic E-state index is -0.834. The van der Waals surface area contributed by atoms with Gasteiger partial charge in [0.1, 0.15) is 6.04 Å². The van der Waals surface area contributed by atoms with E-state index >= 15 is 0 Å². The molecule has 1 rings (SSSR count). The zero-order chi connectivity index (χ0) is 11.4. The van der Waals surface area contributed by atoms with Crippen molar-refractivity contribution in [3.63, 3.8) is 0 Å². The Labute approximate surface area is 102 Å². The molecule has 2 N–H and O–H groups in total. The van der Waals surface area contributed by atoms with Gasteiger partial charge in [0.05, 0.1) is 0 Å². The van der Waals surface area contributed by atoms with Gasteiger partial charge in [0, 0.05) is 9.35 Å². The number of hydrogen-bond acceptors (Lipinski definition) is 3. The van der Waals surface area contributed by atoms with Gasteiger partial charge in [-0.15, -0.1) is 11.3 Å². The maximum Gasteiger partial charge on any atom is 0.326 e. The summed E-state index contributed by atoms with van der Waals surface area (Å²) >= 11 is 4.80. The lowest BCUT2D eigenvalue weighted by atomic mass is 10.2. The molecule has 1 atom stereocenters. The fraction of sp³-hybridized carbons (Fsp3) is 0.500. The fourth-order valence-corrected chi connectivity index (χ4v) is 2.83. The van der Waals surface area contributed by atoms with E-state index in [0.29, 0.717) is 12.5 Å². The van der Waals surface area contributed by atoms with Gasteiger partial charge in [-0.1, -0.05) is 13.8 Å². The summed E-state index contributed by atoms with van der Waals surface area (Å²) in [5.74, 6) is -0.399. The molecule has 3 nitrogen and oxygen atoms in total. The first-order valence-corrected chi connectivity index (χ1v) is 6.38. The van der Waals surface area contributed by atoms with Crippen LogP contribution in [0.2, 0.25) is 0 Å². The van der Waals surface area contributed by atoms with E-state index in [4.69, 9.17) is 5.11 Å². The van der Waals surface area contributed by atoms with Crippen LogP contribution in [-0.2, 0) is 4.79 Å². The minimum absolute atomic E-state index is 0.436. The van der Waals surface area contributed by atoms with Crippen molar-refractivity contribution in [2.24, 2.45) is 5.92 Å². The first-order valence-electron chi connectivity index (χ1n) is 4.71. The average molecular weight is 292 g/mol. The molecule has 0 saturated carbocycles. The van der Waals surface area contributed by atoms with Crippen LogP contribution in [0.15, 0.2) is 15.9 Å². The predicted molar refractivity (Wildman–Crippen MR) is 65.2 cm³/mol. The Balaban J connectivity index is 2.75. The molecule has 1 unspecified atom stereocenters. The van der Waals surface area contributed by atoms with E-state index < -0.39 is 12.0 Å². The van der Waals surface area contributed by atoms with Gasteiger partial charge in [-0.2, -0.15) is 0 Å². The van der Waals surface area contributed by atoms with Gasteiger partial charge in [-0.25, -0.2) is 0 Å². The van der Waals surface area contributed by atoms with Gasteiger partial charge < -0.3 is 5.11 Å². The van der Waals surface area contributed by atoms with Gasteiger partial charge in [0.25, 0.3) is 0 Å². The zero-order valence-electron chi connectivity index (χ0n) is 8.66. The molecule has 0 aliphatic heterocycles. The molecule has 0 spiro atoms. The first-order chi connectivity index (χ1) is 7.02. The molecule has 84 valence electrons. The van der Waals surface area contributed by atoms with E-state index in [1.165, 1.54) is 11.3 Å². The molecule has 15 heavy (non-hydrogen) atoms. The lowest BCUT2D eigenvalue weighted by molar-refractivity contribution is -0.139. The van der Waals surface area contributed by atoms with Crippen molar-refractivity contribution in [2.75, 3.05) is 6.54 Å². The molecule has 0 aromatic carbocycles. The van der Waals surface area contributed by atoms with E-state index in [2.05, 4.69) is 35.1 Å². The Morgan fingerprint density at radius 1 is 1.67 bits per heavy atom. The molecule has 1 heterocycles. The molecule has 0 aliphatic carbocycles. The third kappa shape index (κ3) is 3.59. The van der Waals surface area contributed by atoms with E-state index in [9.17, 15) is 4.79 Å². The van der Waals surface area contributed by atoms with Crippen molar-refractivity contribution in [1.82, 2.24) is 5.32 Å². The number of carbonyl (C=O) groups is 1. The summed E-state index contributed by atoms with van der Waals surface area (Å²) in [6, 6.07) is 1.26. The Bertz CT molecular complexity index is 338. The number of aliphatic carboxylic acids is 1. The van der Waals surface area contributed by atoms with Crippen molar-refractivity contribution >= 4 is 33.2 Å². The summed E-state index contributed by atoms with van der Waals surface area (Å²) in [5, 5.41) is 14.0. The van der Waals surface area contributed by atoms with Gasteiger partial charge in [-0.3, -0.25) is 10.1 Å². The zero-order valence-corrected chi connectivity index (χ0v) is 11.1. The van der Waals surface area contributed by atoms with Crippen LogP contribution in [0.4, 0.5) is 0 Å². The lowest BCUT2D eigenvalue weighted by Crippen LogP contribution is -2.30. The van der Waals surface area contributed by atoms with E-state index in [0.717, 1.165) is 9.35 Å². The van der Waals surface area contributed by atoms with E-state index in [1.54, 1.807) is 0 Å². The third-order valence-electron chi connectivity index (χ3n) is 1.88. The second-order valence-corrected chi connectivity index (χ2v) is 5.51. The highest BCUT2D eigenvalue weighted by Crippen LogP contribution is 2.29. The predicted octanol–water partition coefficient (Wildman–Crippen LogP) is 2.88. The SMILES string of the molecule is CC(C)CNC(C(=O)O)c1sccc1Br. The molecule has 0 fully saturated rings. The number of halogens is 1. The van der Waals surface area contributed by atoms with Crippen LogP contribution in [0.25, 0.3) is 0 Å². The van der Waals surface area contributed by atoms with Crippen molar-refractivity contribution in [2.45, 2.75) is 19.9 Å². The number of rotatable bonds is 5. The van der Waals surface area contributed by atoms with Crippen LogP contribution in [0.1, 0.15) is 24.8 Å². The Morgan fingerprint density at radius 2 is 2.33 bits per heavy atom. The van der Waals surface area contributed by atoms with Crippen molar-refractivity contribution in [3.05, 3.63) is 20.8 Å². The van der Waals surface area contributed by atoms with Gasteiger partial charge in [-0.05, 0) is 39.8 Å². The molecular formula is C10H14BrNO2S. The van der Waals surface area contributed by atoms with Crippen LogP contribution in [0.5, 0.6) is 0 Å². The van der Waals surface area contributed by atoms with Crippen molar-refractivity contribution < 1.29 is 9.90 Å². The second-order valence-electron chi connectivity index (χ2n) is 3.71. The molecule has 1 aromatic rings. The van der Waals surface area contributed by atoms with Crippen LogP contribution < -0.4 is 5.32 Å². The van der Waals surface area contributed by atoms with Gasteiger partial charge in [0.15, 0.2) is 0 Å². The summed E-state index contributed by atoms with van der Waals surface area (Å²) in [4.78, 5) is 11.9. The average Bonchev–Trinajstić information content (AvgIpc) is 2.51. The standard InChI is InChI=1S/C10H14BrNO2S/c1-6(2)5-12-8(10(13)14)9-7(11)3-4-15-9/h3-4,6,8,12H,5H2,1-2H3,(H,13,14). The third-order valence-corrected chi connectivity index (χ3v) is 3.82. The van der Waals surface area contributed by atoms with Crippen molar-refractivity contribution in [3.8, 4) is 0 Å². The van der Waals surface area contributed by atoms with Crippen molar-refractivity contribution in [1.29, 1.82) is 0 Å². The summed E-state index contributed by atoms with van der Waals surface area (Å²) in [6.07, 6.45) is 0. The highest BCUT2D eigenvalue weighted by atomic mass is 79.9. The van der Waals surface area contributed by atoms with E-state index in [1.807, 2.05) is 11.4 Å². The van der Waals surface area contributed by atoms with Crippen LogP contribution >= 0.6 is 27.3 Å². The maximum absolute atomic E-state index is 11.1. The highest BCUT2D eigenvalue weighted by Gasteiger charge is 2.22. The lowest BCUT2D eigenvalue weighted by Gasteiger charge is -2.15. The highest BCUT2D eigenvalue weighted by molar-refractivity contribution is 9.10. The minimum Gasteiger partial charge on any atom is -0.480 e. The summed E-state index contributed by atoms with van der Waals surface area (Å²) in [7, 11) is 0. The second kappa shape index (κ2) is 5.63. The van der Waals surface area contributed by atoms with Crippen LogP contribution in [-0.4, -0.2) is 17.6 Å². The number of thiophene rings is 1. The molecule has 0 saturated heterocycles. The normalized spacial score (nSPS) is 13.1. The quantitative estimate of drug-likeness (QED) is 0.877. The van der Waals surface area contributed by atoms with E-state index in [-0.39, 0.29) is 0 Å². The molecule has 1 aromatic heterocycles. The monoisotopic (exact) mass is 291 g/mol. The first kappa shape index (κ1) is 12.7. The van der Waals surface area contributed by atoms with Gasteiger partial charge in [0.2, 0.25) is 0 Å². The Kier molecular flexibility index (Phi) is 4.76. The largest absolute Gasteiger partial charge is 0.480 e. The van der Waals surface area contributed by atoms with Crippen LogP contribution in [0.3, 0.4) is 0 Å². The summed E-state index contributed by atoms with van der Waals surface area (Å²) < 4.78 is 0.858. The molecule has 0 amide bonds. The topological polar surface area (TPSA) is 49.3 Å². The number of hydrogen-bond donors (Lipinski definition) is 2. The Morgan fingerprint density at radius 3 is 2.73 bits per heavy atom. The maximum atomic E-state index is 11.1.